The molecule has 0 spiro atoms. The number of nitrogens with zero attached hydrogens (tertiary/aromatic N) is 3. The number of aromatic nitrogens is 2. The number of piperidine rings is 1. The van der Waals surface area contributed by atoms with Crippen LogP contribution < -0.4 is 5.32 Å². The zero-order valence-electron chi connectivity index (χ0n) is 19.8. The first kappa shape index (κ1) is 23.5. The summed E-state index contributed by atoms with van der Waals surface area (Å²) in [6.45, 7) is 14.7. The van der Waals surface area contributed by atoms with Gasteiger partial charge in [0.25, 0.3) is 0 Å². The van der Waals surface area contributed by atoms with E-state index in [-0.39, 0.29) is 11.3 Å². The van der Waals surface area contributed by atoms with E-state index < -0.39 is 0 Å². The van der Waals surface area contributed by atoms with E-state index >= 15 is 0 Å². The average Bonchev–Trinajstić information content (AvgIpc) is 3.16. The quantitative estimate of drug-likeness (QED) is 0.674. The molecule has 0 bridgehead atoms. The molecule has 1 aromatic carbocycles. The van der Waals surface area contributed by atoms with Crippen molar-refractivity contribution in [1.82, 2.24) is 20.4 Å². The molecule has 1 N–H and O–H groups in total. The number of rotatable bonds is 8. The zero-order valence-corrected chi connectivity index (χ0v) is 19.8. The van der Waals surface area contributed by atoms with Gasteiger partial charge in [0.2, 0.25) is 11.8 Å². The maximum atomic E-state index is 12.4. The number of carbonyl (C=O) groups is 1. The van der Waals surface area contributed by atoms with Crippen LogP contribution in [0.1, 0.15) is 76.7 Å². The molecule has 0 saturated carbocycles. The molecule has 1 aliphatic heterocycles. The van der Waals surface area contributed by atoms with Gasteiger partial charge in [-0.25, -0.2) is 0 Å². The number of carbonyl (C=O) groups excluding carboxylic acids is 1. The molecule has 1 amide bonds. The van der Waals surface area contributed by atoms with Crippen LogP contribution >= 0.6 is 0 Å². The number of hydrogen-bond acceptors (Lipinski definition) is 5. The van der Waals surface area contributed by atoms with Crippen molar-refractivity contribution in [2.45, 2.75) is 78.8 Å². The Morgan fingerprint density at radius 1 is 1.16 bits per heavy atom. The highest BCUT2D eigenvalue weighted by Crippen LogP contribution is 2.23. The van der Waals surface area contributed by atoms with Crippen molar-refractivity contribution in [2.24, 2.45) is 11.8 Å². The summed E-state index contributed by atoms with van der Waals surface area (Å²) in [4.78, 5) is 19.4. The van der Waals surface area contributed by atoms with Crippen LogP contribution in [-0.2, 0) is 29.7 Å². The van der Waals surface area contributed by atoms with Crippen LogP contribution in [0.3, 0.4) is 0 Å². The number of amides is 1. The van der Waals surface area contributed by atoms with Gasteiger partial charge in [-0.05, 0) is 35.8 Å². The molecule has 1 aromatic heterocycles. The highest BCUT2D eigenvalue weighted by molar-refractivity contribution is 5.75. The van der Waals surface area contributed by atoms with Crippen LogP contribution in [0.4, 0.5) is 0 Å². The molecule has 2 heterocycles. The fourth-order valence-corrected chi connectivity index (χ4v) is 4.39. The minimum atomic E-state index is -0.128. The van der Waals surface area contributed by atoms with Gasteiger partial charge in [-0.1, -0.05) is 64.0 Å². The number of aryl methyl sites for hydroxylation is 1. The summed E-state index contributed by atoms with van der Waals surface area (Å²) in [7, 11) is 0. The number of nitrogens with one attached hydrogen (secondary N) is 1. The molecule has 170 valence electrons. The molecular formula is C25H38N4O2. The topological polar surface area (TPSA) is 71.3 Å². The Balaban J connectivity index is 1.45. The molecule has 0 radical (unpaired) electrons. The van der Waals surface area contributed by atoms with Crippen molar-refractivity contribution in [2.75, 3.05) is 13.1 Å². The lowest BCUT2D eigenvalue weighted by Gasteiger charge is -2.35. The number of benzene rings is 1. The highest BCUT2D eigenvalue weighted by Gasteiger charge is 2.23. The molecule has 1 aliphatic rings. The number of hydrogen-bond donors (Lipinski definition) is 1. The summed E-state index contributed by atoms with van der Waals surface area (Å²) in [5.74, 6) is 2.86. The Kier molecular flexibility index (Phi) is 7.87. The molecule has 2 aromatic rings. The molecule has 1 saturated heterocycles. The van der Waals surface area contributed by atoms with Crippen molar-refractivity contribution in [3.63, 3.8) is 0 Å². The van der Waals surface area contributed by atoms with E-state index in [1.165, 1.54) is 17.5 Å². The Morgan fingerprint density at radius 3 is 2.48 bits per heavy atom. The van der Waals surface area contributed by atoms with E-state index in [2.05, 4.69) is 79.2 Å². The standard InChI is InChI=1S/C25H38N4O2/c1-18-13-19(2)16-29(15-18)17-21-10-7-6-9-20(21)14-26-22(30)11-8-12-23-27-24(28-31-23)25(3,4)5/h6-7,9-10,18-19H,8,11-17H2,1-5H3,(H,26,30)/t18-,19-/m1/s1. The lowest BCUT2D eigenvalue weighted by molar-refractivity contribution is -0.121. The lowest BCUT2D eigenvalue weighted by atomic mass is 9.91. The van der Waals surface area contributed by atoms with Gasteiger partial charge in [-0.2, -0.15) is 4.98 Å². The first-order valence-corrected chi connectivity index (χ1v) is 11.6. The first-order chi connectivity index (χ1) is 14.7. The third kappa shape index (κ3) is 7.17. The van der Waals surface area contributed by atoms with E-state index in [1.807, 2.05) is 0 Å². The summed E-state index contributed by atoms with van der Waals surface area (Å²) >= 11 is 0. The van der Waals surface area contributed by atoms with Crippen molar-refractivity contribution in [1.29, 1.82) is 0 Å². The summed E-state index contributed by atoms with van der Waals surface area (Å²) < 4.78 is 5.31. The molecule has 31 heavy (non-hydrogen) atoms. The lowest BCUT2D eigenvalue weighted by Crippen LogP contribution is -2.38. The predicted octanol–water partition coefficient (Wildman–Crippen LogP) is 4.48. The Bertz CT molecular complexity index is 845. The second kappa shape index (κ2) is 10.4. The Labute approximate surface area is 186 Å². The molecule has 6 heteroatoms. The second-order valence-electron chi connectivity index (χ2n) is 10.3. The van der Waals surface area contributed by atoms with E-state index in [0.29, 0.717) is 37.5 Å². The van der Waals surface area contributed by atoms with Gasteiger partial charge in [0.15, 0.2) is 5.82 Å². The SMILES string of the molecule is C[C@@H]1C[C@@H](C)CN(Cc2ccccc2CNC(=O)CCCc2nc(C(C)(C)C)no2)C1. The van der Waals surface area contributed by atoms with Crippen molar-refractivity contribution < 1.29 is 9.32 Å². The van der Waals surface area contributed by atoms with Crippen molar-refractivity contribution in [3.8, 4) is 0 Å². The van der Waals surface area contributed by atoms with Gasteiger partial charge in [-0.3, -0.25) is 9.69 Å². The number of likely N-dealkylation sites (tertiary alicyclic amines) is 1. The van der Waals surface area contributed by atoms with Gasteiger partial charge < -0.3 is 9.84 Å². The summed E-state index contributed by atoms with van der Waals surface area (Å²) in [5, 5.41) is 7.12. The van der Waals surface area contributed by atoms with Gasteiger partial charge >= 0.3 is 0 Å². The van der Waals surface area contributed by atoms with E-state index in [0.717, 1.165) is 31.5 Å². The van der Waals surface area contributed by atoms with Gasteiger partial charge in [0, 0.05) is 44.4 Å². The average molecular weight is 427 g/mol. The van der Waals surface area contributed by atoms with Crippen LogP contribution in [-0.4, -0.2) is 34.0 Å². The van der Waals surface area contributed by atoms with E-state index in [4.69, 9.17) is 4.52 Å². The minimum absolute atomic E-state index is 0.0607. The molecular weight excluding hydrogens is 388 g/mol. The largest absolute Gasteiger partial charge is 0.352 e. The van der Waals surface area contributed by atoms with Crippen molar-refractivity contribution in [3.05, 3.63) is 47.1 Å². The summed E-state index contributed by atoms with van der Waals surface area (Å²) in [6, 6.07) is 8.45. The normalized spacial score (nSPS) is 20.0. The smallest absolute Gasteiger partial charge is 0.226 e. The van der Waals surface area contributed by atoms with Crippen molar-refractivity contribution >= 4 is 5.91 Å². The Morgan fingerprint density at radius 2 is 1.84 bits per heavy atom. The van der Waals surface area contributed by atoms with Gasteiger partial charge in [0.05, 0.1) is 0 Å². The maximum absolute atomic E-state index is 12.4. The van der Waals surface area contributed by atoms with Crippen LogP contribution in [0.15, 0.2) is 28.8 Å². The molecule has 1 fully saturated rings. The summed E-state index contributed by atoms with van der Waals surface area (Å²) in [5.41, 5.74) is 2.38. The molecule has 0 unspecified atom stereocenters. The predicted molar refractivity (Wildman–Crippen MR) is 122 cm³/mol. The minimum Gasteiger partial charge on any atom is -0.352 e. The van der Waals surface area contributed by atoms with Crippen LogP contribution in [0.2, 0.25) is 0 Å². The van der Waals surface area contributed by atoms with Crippen LogP contribution in [0, 0.1) is 11.8 Å². The van der Waals surface area contributed by atoms with E-state index in [1.54, 1.807) is 0 Å². The fraction of sp³-hybridized carbons (Fsp3) is 0.640. The zero-order chi connectivity index (χ0) is 22.4. The summed E-state index contributed by atoms with van der Waals surface area (Å²) in [6.07, 6.45) is 3.09. The highest BCUT2D eigenvalue weighted by atomic mass is 16.5. The monoisotopic (exact) mass is 426 g/mol. The molecule has 3 rings (SSSR count). The van der Waals surface area contributed by atoms with Gasteiger partial charge in [-0.15, -0.1) is 0 Å². The maximum Gasteiger partial charge on any atom is 0.226 e. The van der Waals surface area contributed by atoms with Crippen LogP contribution in [0.25, 0.3) is 0 Å². The van der Waals surface area contributed by atoms with Gasteiger partial charge in [0.1, 0.15) is 0 Å². The third-order valence-electron chi connectivity index (χ3n) is 5.87. The molecule has 6 nitrogen and oxygen atoms in total. The molecule has 2 atom stereocenters. The Hall–Kier alpha value is -2.21. The molecule has 0 aliphatic carbocycles. The third-order valence-corrected chi connectivity index (χ3v) is 5.87. The van der Waals surface area contributed by atoms with E-state index in [9.17, 15) is 4.79 Å². The second-order valence-corrected chi connectivity index (χ2v) is 10.3. The van der Waals surface area contributed by atoms with Crippen LogP contribution in [0.5, 0.6) is 0 Å². The first-order valence-electron chi connectivity index (χ1n) is 11.6. The fourth-order valence-electron chi connectivity index (χ4n) is 4.39.